The Labute approximate surface area is 97.7 Å². The molecule has 16 heavy (non-hydrogen) atoms. The highest BCUT2D eigenvalue weighted by atomic mass is 15.4. The number of hydrogen-bond acceptors (Lipinski definition) is 3. The zero-order valence-corrected chi connectivity index (χ0v) is 10.2. The topological polar surface area (TPSA) is 56.9 Å². The maximum Gasteiger partial charge on any atom is 0.208 e. The molecule has 0 atom stereocenters. The smallest absolute Gasteiger partial charge is 0.208 e. The Balaban J connectivity index is 1.93. The number of rotatable bonds is 1. The number of guanidine groups is 1. The predicted octanol–water partition coefficient (Wildman–Crippen LogP) is -0.00430. The minimum atomic E-state index is 0.491. The Morgan fingerprint density at radius 2 is 1.81 bits per heavy atom. The molecule has 1 heterocycles. The van der Waals surface area contributed by atoms with E-state index in [9.17, 15) is 0 Å². The molecule has 2 fully saturated rings. The lowest BCUT2D eigenvalue weighted by Crippen LogP contribution is -2.53. The van der Waals surface area contributed by atoms with Crippen molar-refractivity contribution in [1.29, 1.82) is 0 Å². The van der Waals surface area contributed by atoms with Crippen molar-refractivity contribution in [3.05, 3.63) is 0 Å². The largest absolute Gasteiger partial charge is 0.339 e. The SMILES string of the molecule is CN1CCN(C(=NC2CCCC2)NN)CC1. The van der Waals surface area contributed by atoms with E-state index in [1.807, 2.05) is 0 Å². The van der Waals surface area contributed by atoms with Crippen LogP contribution in [0.5, 0.6) is 0 Å². The van der Waals surface area contributed by atoms with Crippen molar-refractivity contribution in [2.45, 2.75) is 31.7 Å². The van der Waals surface area contributed by atoms with Gasteiger partial charge in [0, 0.05) is 26.2 Å². The zero-order chi connectivity index (χ0) is 11.4. The van der Waals surface area contributed by atoms with Crippen molar-refractivity contribution in [2.75, 3.05) is 33.2 Å². The van der Waals surface area contributed by atoms with Gasteiger partial charge in [-0.2, -0.15) is 0 Å². The molecule has 1 saturated carbocycles. The van der Waals surface area contributed by atoms with Crippen LogP contribution >= 0.6 is 0 Å². The molecule has 0 aromatic rings. The number of nitrogens with one attached hydrogen (secondary N) is 1. The molecule has 3 N–H and O–H groups in total. The molecule has 0 aromatic heterocycles. The summed E-state index contributed by atoms with van der Waals surface area (Å²) in [5.74, 6) is 6.47. The van der Waals surface area contributed by atoms with Crippen molar-refractivity contribution in [2.24, 2.45) is 10.8 Å². The lowest BCUT2D eigenvalue weighted by Gasteiger charge is -2.34. The molecule has 0 spiro atoms. The highest BCUT2D eigenvalue weighted by Gasteiger charge is 2.20. The van der Waals surface area contributed by atoms with E-state index in [0.717, 1.165) is 32.1 Å². The summed E-state index contributed by atoms with van der Waals surface area (Å²) in [7, 11) is 2.15. The van der Waals surface area contributed by atoms with E-state index in [-0.39, 0.29) is 0 Å². The van der Waals surface area contributed by atoms with Crippen molar-refractivity contribution in [3.8, 4) is 0 Å². The fourth-order valence-electron chi connectivity index (χ4n) is 2.43. The van der Waals surface area contributed by atoms with Gasteiger partial charge in [0.05, 0.1) is 6.04 Å². The number of likely N-dealkylation sites (N-methyl/N-ethyl adjacent to an activating group) is 1. The molecular weight excluding hydrogens is 202 g/mol. The Kier molecular flexibility index (Phi) is 4.01. The molecule has 0 unspecified atom stereocenters. The Hall–Kier alpha value is -0.810. The summed E-state index contributed by atoms with van der Waals surface area (Å²) in [6, 6.07) is 0.491. The van der Waals surface area contributed by atoms with Crippen molar-refractivity contribution in [1.82, 2.24) is 15.2 Å². The normalized spacial score (nSPS) is 25.1. The first-order valence-electron chi connectivity index (χ1n) is 6.27. The third-order valence-corrected chi connectivity index (χ3v) is 3.56. The van der Waals surface area contributed by atoms with Gasteiger partial charge in [-0.3, -0.25) is 5.43 Å². The minimum absolute atomic E-state index is 0.491. The molecule has 1 aliphatic heterocycles. The first kappa shape index (κ1) is 11.7. The molecule has 0 amide bonds. The fourth-order valence-corrected chi connectivity index (χ4v) is 2.43. The van der Waals surface area contributed by atoms with Gasteiger partial charge in [0.1, 0.15) is 0 Å². The molecule has 5 heteroatoms. The first-order valence-corrected chi connectivity index (χ1v) is 6.27. The van der Waals surface area contributed by atoms with Crippen molar-refractivity contribution < 1.29 is 0 Å². The van der Waals surface area contributed by atoms with Crippen LogP contribution in [-0.4, -0.2) is 55.0 Å². The van der Waals surface area contributed by atoms with Crippen molar-refractivity contribution in [3.63, 3.8) is 0 Å². The first-order chi connectivity index (χ1) is 7.79. The number of nitrogens with zero attached hydrogens (tertiary/aromatic N) is 3. The molecule has 0 aromatic carbocycles. The van der Waals surface area contributed by atoms with Gasteiger partial charge in [0.15, 0.2) is 0 Å². The highest BCUT2D eigenvalue weighted by Crippen LogP contribution is 2.21. The second-order valence-corrected chi connectivity index (χ2v) is 4.83. The number of nitrogens with two attached hydrogens (primary N) is 1. The molecule has 2 rings (SSSR count). The number of piperazine rings is 1. The van der Waals surface area contributed by atoms with Crippen molar-refractivity contribution >= 4 is 5.96 Å². The van der Waals surface area contributed by atoms with Gasteiger partial charge in [-0.05, 0) is 19.9 Å². The molecule has 5 nitrogen and oxygen atoms in total. The van der Waals surface area contributed by atoms with Crippen LogP contribution in [0, 0.1) is 0 Å². The molecule has 1 saturated heterocycles. The molecule has 0 radical (unpaired) electrons. The van der Waals surface area contributed by atoms with E-state index in [1.54, 1.807) is 0 Å². The van der Waals surface area contributed by atoms with E-state index in [4.69, 9.17) is 10.8 Å². The van der Waals surface area contributed by atoms with Gasteiger partial charge in [0.2, 0.25) is 5.96 Å². The summed E-state index contributed by atoms with van der Waals surface area (Å²) in [5.41, 5.74) is 2.77. The summed E-state index contributed by atoms with van der Waals surface area (Å²) in [5, 5.41) is 0. The molecule has 1 aliphatic carbocycles. The van der Waals surface area contributed by atoms with E-state index in [0.29, 0.717) is 6.04 Å². The summed E-state index contributed by atoms with van der Waals surface area (Å²) in [6.45, 7) is 4.22. The van der Waals surface area contributed by atoms with Gasteiger partial charge >= 0.3 is 0 Å². The van der Waals surface area contributed by atoms with Gasteiger partial charge < -0.3 is 9.80 Å². The molecule has 2 aliphatic rings. The van der Waals surface area contributed by atoms with E-state index in [1.165, 1.54) is 25.7 Å². The standard InChI is InChI=1S/C11H23N5/c1-15-6-8-16(9-7-15)11(14-12)13-10-4-2-3-5-10/h10H,2-9,12H2,1H3,(H,13,14). The van der Waals surface area contributed by atoms with Gasteiger partial charge in [-0.15, -0.1) is 0 Å². The Morgan fingerprint density at radius 1 is 1.19 bits per heavy atom. The number of hydrazine groups is 1. The van der Waals surface area contributed by atoms with Crippen LogP contribution in [0.4, 0.5) is 0 Å². The second-order valence-electron chi connectivity index (χ2n) is 4.83. The van der Waals surface area contributed by atoms with E-state index in [2.05, 4.69) is 22.3 Å². The van der Waals surface area contributed by atoms with Crippen LogP contribution in [0.2, 0.25) is 0 Å². The fraction of sp³-hybridized carbons (Fsp3) is 0.909. The average Bonchev–Trinajstić information content (AvgIpc) is 2.80. The van der Waals surface area contributed by atoms with Gasteiger partial charge in [-0.25, -0.2) is 10.8 Å². The van der Waals surface area contributed by atoms with Crippen LogP contribution in [-0.2, 0) is 0 Å². The Bertz CT molecular complexity index is 239. The summed E-state index contributed by atoms with van der Waals surface area (Å²) < 4.78 is 0. The number of hydrogen-bond donors (Lipinski definition) is 2. The zero-order valence-electron chi connectivity index (χ0n) is 10.2. The second kappa shape index (κ2) is 5.50. The van der Waals surface area contributed by atoms with Crippen LogP contribution in [0.15, 0.2) is 4.99 Å². The van der Waals surface area contributed by atoms with Crippen LogP contribution in [0.25, 0.3) is 0 Å². The summed E-state index contributed by atoms with van der Waals surface area (Å²) in [6.07, 6.45) is 5.07. The third-order valence-electron chi connectivity index (χ3n) is 3.56. The lowest BCUT2D eigenvalue weighted by molar-refractivity contribution is 0.211. The minimum Gasteiger partial charge on any atom is -0.339 e. The van der Waals surface area contributed by atoms with Crippen LogP contribution < -0.4 is 11.3 Å². The molecule has 92 valence electrons. The van der Waals surface area contributed by atoms with Crippen LogP contribution in [0.1, 0.15) is 25.7 Å². The molecular formula is C11H23N5. The summed E-state index contributed by atoms with van der Waals surface area (Å²) >= 11 is 0. The lowest BCUT2D eigenvalue weighted by atomic mass is 10.3. The monoisotopic (exact) mass is 225 g/mol. The molecule has 0 bridgehead atoms. The van der Waals surface area contributed by atoms with Gasteiger partial charge in [-0.1, -0.05) is 12.8 Å². The Morgan fingerprint density at radius 3 is 2.38 bits per heavy atom. The van der Waals surface area contributed by atoms with Crippen LogP contribution in [0.3, 0.4) is 0 Å². The summed E-state index contributed by atoms with van der Waals surface area (Å²) in [4.78, 5) is 9.33. The maximum absolute atomic E-state index is 5.58. The third kappa shape index (κ3) is 2.86. The van der Waals surface area contributed by atoms with E-state index < -0.39 is 0 Å². The van der Waals surface area contributed by atoms with Gasteiger partial charge in [0.25, 0.3) is 0 Å². The maximum atomic E-state index is 5.58. The highest BCUT2D eigenvalue weighted by molar-refractivity contribution is 5.79. The number of aliphatic imine (C=N–C) groups is 1. The quantitative estimate of drug-likeness (QED) is 0.285. The predicted molar refractivity (Wildman–Crippen MR) is 66.1 cm³/mol. The van der Waals surface area contributed by atoms with E-state index >= 15 is 0 Å². The average molecular weight is 225 g/mol.